The first-order valence-electron chi connectivity index (χ1n) is 7.54. The highest BCUT2D eigenvalue weighted by molar-refractivity contribution is 5.70. The van der Waals surface area contributed by atoms with Crippen LogP contribution in [0.15, 0.2) is 30.3 Å². The zero-order valence-corrected chi connectivity index (χ0v) is 12.6. The second kappa shape index (κ2) is 6.40. The van der Waals surface area contributed by atoms with E-state index >= 15 is 0 Å². The largest absolute Gasteiger partial charge is 0.481 e. The molecule has 0 radical (unpaired) electrons. The summed E-state index contributed by atoms with van der Waals surface area (Å²) in [5.41, 5.74) is 1.34. The molecule has 1 aromatic rings. The lowest BCUT2D eigenvalue weighted by Crippen LogP contribution is -2.46. The standard InChI is InChI=1S/C17H25NO2/c1-12(2)16(14-7-5-4-6-8-14)18-10-9-15(17(19)20)11-13(18)3/h4-8,12-13,15-16H,9-11H2,1-3H3,(H,19,20). The third kappa shape index (κ3) is 3.21. The van der Waals surface area contributed by atoms with Gasteiger partial charge in [-0.15, -0.1) is 0 Å². The Labute approximate surface area is 121 Å². The summed E-state index contributed by atoms with van der Waals surface area (Å²) in [5.74, 6) is -0.302. The van der Waals surface area contributed by atoms with Crippen LogP contribution >= 0.6 is 0 Å². The van der Waals surface area contributed by atoms with Gasteiger partial charge in [-0.1, -0.05) is 44.2 Å². The molecule has 3 heteroatoms. The average Bonchev–Trinajstić information content (AvgIpc) is 2.41. The number of rotatable bonds is 4. The van der Waals surface area contributed by atoms with Gasteiger partial charge in [0, 0.05) is 12.1 Å². The molecule has 2 rings (SSSR count). The van der Waals surface area contributed by atoms with Gasteiger partial charge in [-0.25, -0.2) is 0 Å². The van der Waals surface area contributed by atoms with Gasteiger partial charge in [0.15, 0.2) is 0 Å². The summed E-state index contributed by atoms with van der Waals surface area (Å²) in [7, 11) is 0. The van der Waals surface area contributed by atoms with Crippen LogP contribution in [0.2, 0.25) is 0 Å². The Morgan fingerprint density at radius 2 is 1.95 bits per heavy atom. The van der Waals surface area contributed by atoms with Gasteiger partial charge in [0.2, 0.25) is 0 Å². The molecule has 0 saturated carbocycles. The van der Waals surface area contributed by atoms with Crippen LogP contribution in [0, 0.1) is 11.8 Å². The molecule has 0 aromatic heterocycles. The lowest BCUT2D eigenvalue weighted by atomic mass is 9.86. The van der Waals surface area contributed by atoms with Crippen molar-refractivity contribution in [3.05, 3.63) is 35.9 Å². The van der Waals surface area contributed by atoms with Gasteiger partial charge in [-0.05, 0) is 37.8 Å². The van der Waals surface area contributed by atoms with Crippen molar-refractivity contribution < 1.29 is 9.90 Å². The number of hydrogen-bond acceptors (Lipinski definition) is 2. The molecule has 1 N–H and O–H groups in total. The second-order valence-electron chi connectivity index (χ2n) is 6.25. The summed E-state index contributed by atoms with van der Waals surface area (Å²) in [6.45, 7) is 7.52. The predicted molar refractivity (Wildman–Crippen MR) is 80.5 cm³/mol. The summed E-state index contributed by atoms with van der Waals surface area (Å²) >= 11 is 0. The summed E-state index contributed by atoms with van der Waals surface area (Å²) in [5, 5.41) is 9.19. The number of nitrogens with zero attached hydrogens (tertiary/aromatic N) is 1. The molecule has 0 amide bonds. The molecule has 0 spiro atoms. The fraction of sp³-hybridized carbons (Fsp3) is 0.588. The maximum Gasteiger partial charge on any atom is 0.306 e. The molecule has 0 bridgehead atoms. The number of aliphatic carboxylic acids is 1. The number of piperidine rings is 1. The number of hydrogen-bond donors (Lipinski definition) is 1. The minimum Gasteiger partial charge on any atom is -0.481 e. The fourth-order valence-corrected chi connectivity index (χ4v) is 3.44. The lowest BCUT2D eigenvalue weighted by molar-refractivity contribution is -0.144. The van der Waals surface area contributed by atoms with Crippen LogP contribution in [0.3, 0.4) is 0 Å². The van der Waals surface area contributed by atoms with E-state index in [-0.39, 0.29) is 5.92 Å². The zero-order valence-electron chi connectivity index (χ0n) is 12.6. The zero-order chi connectivity index (χ0) is 14.7. The van der Waals surface area contributed by atoms with Crippen LogP contribution in [0.1, 0.15) is 45.2 Å². The van der Waals surface area contributed by atoms with E-state index in [0.29, 0.717) is 18.0 Å². The van der Waals surface area contributed by atoms with E-state index in [0.717, 1.165) is 19.4 Å². The van der Waals surface area contributed by atoms with Gasteiger partial charge < -0.3 is 5.11 Å². The van der Waals surface area contributed by atoms with Crippen LogP contribution < -0.4 is 0 Å². The maximum absolute atomic E-state index is 11.2. The van der Waals surface area contributed by atoms with E-state index in [2.05, 4.69) is 49.9 Å². The van der Waals surface area contributed by atoms with Crippen molar-refractivity contribution in [1.82, 2.24) is 4.90 Å². The van der Waals surface area contributed by atoms with E-state index in [1.807, 2.05) is 6.07 Å². The number of carboxylic acids is 1. The van der Waals surface area contributed by atoms with Gasteiger partial charge in [0.05, 0.1) is 5.92 Å². The SMILES string of the molecule is CC(C)C(c1ccccc1)N1CCC(C(=O)O)CC1C. The van der Waals surface area contributed by atoms with Crippen molar-refractivity contribution in [3.63, 3.8) is 0 Å². The van der Waals surface area contributed by atoms with Crippen LogP contribution in [-0.2, 0) is 4.79 Å². The Morgan fingerprint density at radius 1 is 1.30 bits per heavy atom. The Hall–Kier alpha value is -1.35. The Bertz CT molecular complexity index is 444. The first-order chi connectivity index (χ1) is 9.50. The molecule has 0 aliphatic carbocycles. The molecule has 1 heterocycles. The van der Waals surface area contributed by atoms with Crippen LogP contribution in [0.5, 0.6) is 0 Å². The first-order valence-corrected chi connectivity index (χ1v) is 7.54. The smallest absolute Gasteiger partial charge is 0.306 e. The molecule has 3 atom stereocenters. The Kier molecular flexibility index (Phi) is 4.81. The number of benzene rings is 1. The number of carboxylic acid groups (broad SMARTS) is 1. The Balaban J connectivity index is 2.17. The van der Waals surface area contributed by atoms with Crippen molar-refractivity contribution in [2.75, 3.05) is 6.54 Å². The Morgan fingerprint density at radius 3 is 2.45 bits per heavy atom. The topological polar surface area (TPSA) is 40.5 Å². The van der Waals surface area contributed by atoms with E-state index in [1.165, 1.54) is 5.56 Å². The van der Waals surface area contributed by atoms with Gasteiger partial charge in [0.1, 0.15) is 0 Å². The van der Waals surface area contributed by atoms with E-state index in [1.54, 1.807) is 0 Å². The molecule has 110 valence electrons. The minimum absolute atomic E-state index is 0.176. The minimum atomic E-state index is -0.641. The average molecular weight is 275 g/mol. The van der Waals surface area contributed by atoms with Crippen molar-refractivity contribution in [2.45, 2.75) is 45.7 Å². The molecule has 3 unspecified atom stereocenters. The van der Waals surface area contributed by atoms with E-state index < -0.39 is 5.97 Å². The van der Waals surface area contributed by atoms with Crippen LogP contribution in [0.25, 0.3) is 0 Å². The van der Waals surface area contributed by atoms with Crippen molar-refractivity contribution in [2.24, 2.45) is 11.8 Å². The molecule has 1 fully saturated rings. The number of likely N-dealkylation sites (tertiary alicyclic amines) is 1. The molecular weight excluding hydrogens is 250 g/mol. The van der Waals surface area contributed by atoms with Crippen LogP contribution in [0.4, 0.5) is 0 Å². The van der Waals surface area contributed by atoms with Crippen molar-refractivity contribution >= 4 is 5.97 Å². The van der Waals surface area contributed by atoms with Crippen LogP contribution in [-0.4, -0.2) is 28.6 Å². The highest BCUT2D eigenvalue weighted by Crippen LogP contribution is 2.35. The summed E-state index contributed by atoms with van der Waals surface area (Å²) < 4.78 is 0. The van der Waals surface area contributed by atoms with E-state index in [9.17, 15) is 9.90 Å². The lowest BCUT2D eigenvalue weighted by Gasteiger charge is -2.43. The van der Waals surface area contributed by atoms with Crippen molar-refractivity contribution in [1.29, 1.82) is 0 Å². The van der Waals surface area contributed by atoms with E-state index in [4.69, 9.17) is 0 Å². The summed E-state index contributed by atoms with van der Waals surface area (Å²) in [6.07, 6.45) is 1.51. The molecule has 1 saturated heterocycles. The highest BCUT2D eigenvalue weighted by Gasteiger charge is 2.34. The third-order valence-electron chi connectivity index (χ3n) is 4.41. The summed E-state index contributed by atoms with van der Waals surface area (Å²) in [4.78, 5) is 13.6. The van der Waals surface area contributed by atoms with Gasteiger partial charge in [-0.3, -0.25) is 9.69 Å². The van der Waals surface area contributed by atoms with Gasteiger partial charge in [-0.2, -0.15) is 0 Å². The highest BCUT2D eigenvalue weighted by atomic mass is 16.4. The second-order valence-corrected chi connectivity index (χ2v) is 6.25. The van der Waals surface area contributed by atoms with Gasteiger partial charge in [0.25, 0.3) is 0 Å². The van der Waals surface area contributed by atoms with Crippen molar-refractivity contribution in [3.8, 4) is 0 Å². The number of carbonyl (C=O) groups is 1. The summed E-state index contributed by atoms with van der Waals surface area (Å²) in [6, 6.07) is 11.3. The molecule has 1 aliphatic heterocycles. The monoisotopic (exact) mass is 275 g/mol. The fourth-order valence-electron chi connectivity index (χ4n) is 3.44. The predicted octanol–water partition coefficient (Wildman–Crippen LogP) is 3.57. The molecular formula is C17H25NO2. The maximum atomic E-state index is 11.2. The normalized spacial score (nSPS) is 25.6. The third-order valence-corrected chi connectivity index (χ3v) is 4.41. The quantitative estimate of drug-likeness (QED) is 0.913. The first kappa shape index (κ1) is 15.0. The molecule has 1 aromatic carbocycles. The van der Waals surface area contributed by atoms with Gasteiger partial charge >= 0.3 is 5.97 Å². The molecule has 1 aliphatic rings. The molecule has 3 nitrogen and oxygen atoms in total. The molecule has 20 heavy (non-hydrogen) atoms.